The molecule has 0 aliphatic carbocycles. The topological polar surface area (TPSA) is 117 Å². The van der Waals surface area contributed by atoms with Crippen molar-refractivity contribution >= 4 is 13.8 Å². The molecule has 0 bridgehead atoms. The molecular formula is C41H80NO7P. The molecule has 0 aliphatic heterocycles. The molecule has 0 rings (SSSR count). The number of hydrogen-bond acceptors (Lipinski definition) is 7. The highest BCUT2D eigenvalue weighted by atomic mass is 31.2. The highest BCUT2D eigenvalue weighted by Crippen LogP contribution is 2.43. The lowest BCUT2D eigenvalue weighted by molar-refractivity contribution is -0.154. The van der Waals surface area contributed by atoms with Gasteiger partial charge < -0.3 is 20.1 Å². The third-order valence-electron chi connectivity index (χ3n) is 8.84. The van der Waals surface area contributed by atoms with E-state index in [9.17, 15) is 14.3 Å². The van der Waals surface area contributed by atoms with E-state index in [4.69, 9.17) is 24.3 Å². The van der Waals surface area contributed by atoms with Crippen molar-refractivity contribution in [3.05, 3.63) is 24.3 Å². The minimum Gasteiger partial charge on any atom is -0.457 e. The number of carbonyl (C=O) groups is 1. The molecule has 3 N–H and O–H groups in total. The van der Waals surface area contributed by atoms with E-state index in [0.717, 1.165) is 44.9 Å². The van der Waals surface area contributed by atoms with Gasteiger partial charge in [-0.3, -0.25) is 13.8 Å². The number of esters is 1. The fraction of sp³-hybridized carbons (Fsp3) is 0.878. The van der Waals surface area contributed by atoms with Gasteiger partial charge in [-0.2, -0.15) is 0 Å². The molecule has 0 radical (unpaired) electrons. The first-order chi connectivity index (χ1) is 24.4. The van der Waals surface area contributed by atoms with E-state index >= 15 is 0 Å². The third kappa shape index (κ3) is 38.2. The average molecular weight is 730 g/mol. The lowest BCUT2D eigenvalue weighted by Gasteiger charge is -2.20. The number of allylic oxidation sites excluding steroid dienone is 4. The van der Waals surface area contributed by atoms with Crippen molar-refractivity contribution in [1.29, 1.82) is 0 Å². The molecule has 2 unspecified atom stereocenters. The Bertz CT molecular complexity index is 823. The SMILES string of the molecule is CCCCCCCC/C=C\CCCCCCCCOCC(COP(=O)(O)OCCN)OC(=O)CCCCCCC/C=C\CCCCCCCC. The van der Waals surface area contributed by atoms with Crippen LogP contribution in [0.2, 0.25) is 0 Å². The molecule has 0 amide bonds. The first-order valence-electron chi connectivity index (χ1n) is 20.8. The van der Waals surface area contributed by atoms with Gasteiger partial charge in [-0.05, 0) is 64.2 Å². The second-order valence-corrected chi connectivity index (χ2v) is 15.3. The van der Waals surface area contributed by atoms with E-state index in [1.165, 1.54) is 128 Å². The van der Waals surface area contributed by atoms with Crippen LogP contribution in [0.4, 0.5) is 0 Å². The summed E-state index contributed by atoms with van der Waals surface area (Å²) in [6.45, 7) is 4.90. The predicted octanol–water partition coefficient (Wildman–Crippen LogP) is 12.1. The van der Waals surface area contributed by atoms with Crippen molar-refractivity contribution in [1.82, 2.24) is 0 Å². The summed E-state index contributed by atoms with van der Waals surface area (Å²) < 4.78 is 33.4. The molecule has 0 saturated carbocycles. The van der Waals surface area contributed by atoms with Crippen LogP contribution in [0.25, 0.3) is 0 Å². The molecule has 8 nitrogen and oxygen atoms in total. The Morgan fingerprint density at radius 3 is 1.46 bits per heavy atom. The van der Waals surface area contributed by atoms with E-state index in [1.54, 1.807) is 0 Å². The number of rotatable bonds is 40. The number of unbranched alkanes of at least 4 members (excludes halogenated alkanes) is 23. The number of carbonyl (C=O) groups excluding carboxylic acids is 1. The molecule has 0 saturated heterocycles. The van der Waals surface area contributed by atoms with Crippen molar-refractivity contribution in [3.8, 4) is 0 Å². The summed E-state index contributed by atoms with van der Waals surface area (Å²) in [7, 11) is -4.27. The summed E-state index contributed by atoms with van der Waals surface area (Å²) in [6.07, 6.45) is 41.9. The molecule has 0 heterocycles. The molecular weight excluding hydrogens is 649 g/mol. The van der Waals surface area contributed by atoms with E-state index in [0.29, 0.717) is 13.0 Å². The normalized spacial score (nSPS) is 13.8. The Kier molecular flexibility index (Phi) is 38.4. The molecule has 0 fully saturated rings. The quantitative estimate of drug-likeness (QED) is 0.0277. The number of phosphoric ester groups is 1. The zero-order chi connectivity index (χ0) is 36.6. The Morgan fingerprint density at radius 1 is 0.580 bits per heavy atom. The van der Waals surface area contributed by atoms with Crippen LogP contribution in [-0.4, -0.2) is 49.9 Å². The maximum atomic E-state index is 12.5. The van der Waals surface area contributed by atoms with Gasteiger partial charge in [0.15, 0.2) is 0 Å². The smallest absolute Gasteiger partial charge is 0.457 e. The minimum atomic E-state index is -4.27. The molecule has 0 aromatic rings. The molecule has 0 spiro atoms. The zero-order valence-electron chi connectivity index (χ0n) is 32.6. The van der Waals surface area contributed by atoms with Crippen LogP contribution in [0.15, 0.2) is 24.3 Å². The second kappa shape index (κ2) is 39.2. The van der Waals surface area contributed by atoms with Crippen molar-refractivity contribution in [2.75, 3.05) is 33.0 Å². The number of hydrogen-bond donors (Lipinski definition) is 2. The van der Waals surface area contributed by atoms with E-state index in [1.807, 2.05) is 0 Å². The summed E-state index contributed by atoms with van der Waals surface area (Å²) >= 11 is 0. The Morgan fingerprint density at radius 2 is 1.00 bits per heavy atom. The van der Waals surface area contributed by atoms with Gasteiger partial charge in [0.05, 0.1) is 19.8 Å². The summed E-state index contributed by atoms with van der Waals surface area (Å²) in [5.74, 6) is -0.340. The van der Waals surface area contributed by atoms with Crippen molar-refractivity contribution in [2.24, 2.45) is 5.73 Å². The van der Waals surface area contributed by atoms with Gasteiger partial charge in [-0.25, -0.2) is 4.57 Å². The Balaban J connectivity index is 4.06. The van der Waals surface area contributed by atoms with Crippen LogP contribution in [0, 0.1) is 0 Å². The van der Waals surface area contributed by atoms with E-state index in [2.05, 4.69) is 38.2 Å². The standard InChI is InChI=1S/C41H80NO7P/c1-3-5-7-9-11-13-15-17-19-21-23-25-27-29-31-33-36-46-38-40(39-48-50(44,45)47-37-35-42)49-41(43)34-32-30-28-26-24-22-20-18-16-14-12-10-8-6-4-2/h17-20,40H,3-16,21-39,42H2,1-2H3,(H,44,45)/b19-17-,20-18-. The third-order valence-corrected chi connectivity index (χ3v) is 9.83. The maximum Gasteiger partial charge on any atom is 0.472 e. The lowest BCUT2D eigenvalue weighted by atomic mass is 10.1. The van der Waals surface area contributed by atoms with Gasteiger partial charge in [-0.1, -0.05) is 147 Å². The summed E-state index contributed by atoms with van der Waals surface area (Å²) in [5, 5.41) is 0. The van der Waals surface area contributed by atoms with Gasteiger partial charge in [0.25, 0.3) is 0 Å². The van der Waals surface area contributed by atoms with Crippen LogP contribution in [0.3, 0.4) is 0 Å². The van der Waals surface area contributed by atoms with E-state index in [-0.39, 0.29) is 32.3 Å². The first kappa shape index (κ1) is 49.0. The Labute approximate surface area is 308 Å². The average Bonchev–Trinajstić information content (AvgIpc) is 3.10. The van der Waals surface area contributed by atoms with Gasteiger partial charge >= 0.3 is 13.8 Å². The highest BCUT2D eigenvalue weighted by molar-refractivity contribution is 7.47. The largest absolute Gasteiger partial charge is 0.472 e. The van der Waals surface area contributed by atoms with Crippen molar-refractivity contribution in [3.63, 3.8) is 0 Å². The minimum absolute atomic E-state index is 0.0971. The molecule has 296 valence electrons. The van der Waals surface area contributed by atoms with Crippen molar-refractivity contribution < 1.29 is 32.8 Å². The molecule has 2 atom stereocenters. The number of nitrogens with two attached hydrogens (primary N) is 1. The first-order valence-corrected chi connectivity index (χ1v) is 22.3. The molecule has 0 aliphatic rings. The maximum absolute atomic E-state index is 12.5. The molecule has 50 heavy (non-hydrogen) atoms. The Hall–Kier alpha value is -1.02. The lowest BCUT2D eigenvalue weighted by Crippen LogP contribution is -2.28. The highest BCUT2D eigenvalue weighted by Gasteiger charge is 2.25. The van der Waals surface area contributed by atoms with Crippen molar-refractivity contribution in [2.45, 2.75) is 200 Å². The van der Waals surface area contributed by atoms with Gasteiger partial charge in [0, 0.05) is 19.6 Å². The van der Waals surface area contributed by atoms with Crippen LogP contribution < -0.4 is 5.73 Å². The van der Waals surface area contributed by atoms with E-state index < -0.39 is 13.9 Å². The van der Waals surface area contributed by atoms with Crippen LogP contribution in [0.1, 0.15) is 194 Å². The monoisotopic (exact) mass is 730 g/mol. The molecule has 9 heteroatoms. The zero-order valence-corrected chi connectivity index (χ0v) is 33.5. The molecule has 0 aromatic heterocycles. The fourth-order valence-electron chi connectivity index (χ4n) is 5.75. The van der Waals surface area contributed by atoms with Gasteiger partial charge in [-0.15, -0.1) is 0 Å². The summed E-state index contributed by atoms with van der Waals surface area (Å²) in [4.78, 5) is 22.4. The second-order valence-electron chi connectivity index (χ2n) is 13.8. The van der Waals surface area contributed by atoms with Crippen LogP contribution >= 0.6 is 7.82 Å². The van der Waals surface area contributed by atoms with Gasteiger partial charge in [0.1, 0.15) is 6.10 Å². The summed E-state index contributed by atoms with van der Waals surface area (Å²) in [6, 6.07) is 0. The van der Waals surface area contributed by atoms with Crippen LogP contribution in [0.5, 0.6) is 0 Å². The number of ether oxygens (including phenoxy) is 2. The number of phosphoric acid groups is 1. The predicted molar refractivity (Wildman–Crippen MR) is 210 cm³/mol. The molecule has 0 aromatic carbocycles. The van der Waals surface area contributed by atoms with Gasteiger partial charge in [0.2, 0.25) is 0 Å². The fourth-order valence-corrected chi connectivity index (χ4v) is 6.52. The summed E-state index contributed by atoms with van der Waals surface area (Å²) in [5.41, 5.74) is 5.36. The van der Waals surface area contributed by atoms with Crippen LogP contribution in [-0.2, 0) is 27.9 Å².